The summed E-state index contributed by atoms with van der Waals surface area (Å²) >= 11 is 0. The van der Waals surface area contributed by atoms with E-state index >= 15 is 0 Å². The fraction of sp³-hybridized carbons (Fsp3) is 0.727. The van der Waals surface area contributed by atoms with Crippen molar-refractivity contribution in [1.29, 1.82) is 0 Å². The number of carboxylic acid groups (broad SMARTS) is 1. The van der Waals surface area contributed by atoms with E-state index in [4.69, 9.17) is 10.8 Å². The average molecular weight is 244 g/mol. The maximum atomic E-state index is 11.5. The number of nitrogens with one attached hydrogen (secondary N) is 1. The highest BCUT2D eigenvalue weighted by Gasteiger charge is 2.22. The minimum Gasteiger partial charge on any atom is -0.481 e. The molecule has 0 aliphatic rings. The van der Waals surface area contributed by atoms with E-state index in [0.717, 1.165) is 0 Å². The third-order valence-corrected chi connectivity index (χ3v) is 2.27. The van der Waals surface area contributed by atoms with Gasteiger partial charge in [0.15, 0.2) is 5.78 Å². The highest BCUT2D eigenvalue weighted by atomic mass is 16.4. The summed E-state index contributed by atoms with van der Waals surface area (Å²) in [5.74, 6) is -1.60. The minimum atomic E-state index is -1.00. The standard InChI is InChI=1S/C11H20N2O4/c1-11(2,3)8(14)6-13-10(17)7(12)4-5-9(15)16/h7H,4-6,12H2,1-3H3,(H,13,17)(H,15,16)/t7-/m0/s1. The number of ketones is 1. The van der Waals surface area contributed by atoms with Gasteiger partial charge in [-0.05, 0) is 6.42 Å². The van der Waals surface area contributed by atoms with Crippen LogP contribution in [0.25, 0.3) is 0 Å². The highest BCUT2D eigenvalue weighted by molar-refractivity contribution is 5.90. The average Bonchev–Trinajstić information content (AvgIpc) is 2.20. The molecule has 0 rings (SSSR count). The molecule has 0 heterocycles. The Kier molecular flexibility index (Phi) is 5.81. The second-order valence-electron chi connectivity index (χ2n) is 4.93. The molecule has 0 saturated carbocycles. The van der Waals surface area contributed by atoms with E-state index in [1.165, 1.54) is 0 Å². The normalized spacial score (nSPS) is 12.9. The Morgan fingerprint density at radius 2 is 1.82 bits per heavy atom. The van der Waals surface area contributed by atoms with Crippen LogP contribution in [-0.2, 0) is 14.4 Å². The van der Waals surface area contributed by atoms with Crippen LogP contribution in [-0.4, -0.2) is 35.4 Å². The second kappa shape index (κ2) is 6.34. The van der Waals surface area contributed by atoms with Crippen LogP contribution in [0, 0.1) is 5.41 Å². The summed E-state index contributed by atoms with van der Waals surface area (Å²) in [5.41, 5.74) is 4.96. The molecular formula is C11H20N2O4. The van der Waals surface area contributed by atoms with Crippen LogP contribution < -0.4 is 11.1 Å². The third-order valence-electron chi connectivity index (χ3n) is 2.27. The van der Waals surface area contributed by atoms with Gasteiger partial charge >= 0.3 is 5.97 Å². The van der Waals surface area contributed by atoms with Crippen LogP contribution in [0.15, 0.2) is 0 Å². The van der Waals surface area contributed by atoms with Crippen molar-refractivity contribution in [2.45, 2.75) is 39.7 Å². The van der Waals surface area contributed by atoms with Gasteiger partial charge in [0, 0.05) is 11.8 Å². The van der Waals surface area contributed by atoms with Crippen molar-refractivity contribution in [3.63, 3.8) is 0 Å². The lowest BCUT2D eigenvalue weighted by atomic mass is 9.91. The van der Waals surface area contributed by atoms with E-state index in [0.29, 0.717) is 0 Å². The van der Waals surface area contributed by atoms with E-state index in [-0.39, 0.29) is 25.2 Å². The predicted molar refractivity (Wildman–Crippen MR) is 62.3 cm³/mol. The number of nitrogens with two attached hydrogens (primary N) is 1. The Bertz CT molecular complexity index is 307. The highest BCUT2D eigenvalue weighted by Crippen LogP contribution is 2.13. The zero-order valence-corrected chi connectivity index (χ0v) is 10.4. The number of aliphatic carboxylic acids is 1. The maximum absolute atomic E-state index is 11.5. The molecule has 0 fully saturated rings. The zero-order valence-electron chi connectivity index (χ0n) is 10.4. The number of hydrogen-bond acceptors (Lipinski definition) is 4. The van der Waals surface area contributed by atoms with Gasteiger partial charge in [0.1, 0.15) is 0 Å². The molecule has 0 aromatic carbocycles. The summed E-state index contributed by atoms with van der Waals surface area (Å²) in [6.07, 6.45) is -0.104. The van der Waals surface area contributed by atoms with Crippen molar-refractivity contribution < 1.29 is 19.5 Å². The molecular weight excluding hydrogens is 224 g/mol. The molecule has 0 bridgehead atoms. The van der Waals surface area contributed by atoms with Gasteiger partial charge in [0.2, 0.25) is 5.91 Å². The first kappa shape index (κ1) is 15.6. The molecule has 1 atom stereocenters. The molecule has 0 radical (unpaired) electrons. The Balaban J connectivity index is 4.02. The maximum Gasteiger partial charge on any atom is 0.303 e. The third kappa shape index (κ3) is 6.68. The first-order valence-corrected chi connectivity index (χ1v) is 5.43. The van der Waals surface area contributed by atoms with E-state index < -0.39 is 23.3 Å². The Labute approximate surface area is 101 Å². The second-order valence-corrected chi connectivity index (χ2v) is 4.93. The molecule has 0 spiro atoms. The Hall–Kier alpha value is -1.43. The van der Waals surface area contributed by atoms with Crippen LogP contribution in [0.4, 0.5) is 0 Å². The number of amides is 1. The first-order valence-electron chi connectivity index (χ1n) is 5.43. The summed E-state index contributed by atoms with van der Waals surface area (Å²) in [4.78, 5) is 33.2. The monoisotopic (exact) mass is 244 g/mol. The van der Waals surface area contributed by atoms with E-state index in [9.17, 15) is 14.4 Å². The molecule has 0 unspecified atom stereocenters. The van der Waals surface area contributed by atoms with Gasteiger partial charge in [-0.1, -0.05) is 20.8 Å². The molecule has 0 aliphatic carbocycles. The van der Waals surface area contributed by atoms with Crippen molar-refractivity contribution in [3.05, 3.63) is 0 Å². The molecule has 0 aliphatic heterocycles. The number of carbonyl (C=O) groups is 3. The smallest absolute Gasteiger partial charge is 0.303 e. The van der Waals surface area contributed by atoms with Crippen LogP contribution in [0.2, 0.25) is 0 Å². The van der Waals surface area contributed by atoms with Crippen molar-refractivity contribution in [1.82, 2.24) is 5.32 Å². The van der Waals surface area contributed by atoms with Crippen LogP contribution in [0.5, 0.6) is 0 Å². The van der Waals surface area contributed by atoms with Gasteiger partial charge < -0.3 is 16.2 Å². The predicted octanol–water partition coefficient (Wildman–Crippen LogP) is -0.0901. The number of rotatable bonds is 6. The summed E-state index contributed by atoms with van der Waals surface area (Å²) in [7, 11) is 0. The molecule has 0 saturated heterocycles. The quantitative estimate of drug-likeness (QED) is 0.605. The van der Waals surface area contributed by atoms with Crippen molar-refractivity contribution in [2.75, 3.05) is 6.54 Å². The lowest BCUT2D eigenvalue weighted by Crippen LogP contribution is -2.44. The summed E-state index contributed by atoms with van der Waals surface area (Å²) in [6, 6.07) is -0.890. The molecule has 6 nitrogen and oxygen atoms in total. The SMILES string of the molecule is CC(C)(C)C(=O)CNC(=O)[C@@H](N)CCC(=O)O. The lowest BCUT2D eigenvalue weighted by Gasteiger charge is -2.17. The van der Waals surface area contributed by atoms with Crippen molar-refractivity contribution >= 4 is 17.7 Å². The van der Waals surface area contributed by atoms with Crippen LogP contribution in [0.3, 0.4) is 0 Å². The molecule has 1 amide bonds. The number of Topliss-reactive ketones (excluding diaryl/α,β-unsaturated/α-hetero) is 1. The fourth-order valence-electron chi connectivity index (χ4n) is 0.974. The van der Waals surface area contributed by atoms with Crippen molar-refractivity contribution in [3.8, 4) is 0 Å². The van der Waals surface area contributed by atoms with E-state index in [1.54, 1.807) is 20.8 Å². The van der Waals surface area contributed by atoms with Crippen LogP contribution in [0.1, 0.15) is 33.6 Å². The summed E-state index contributed by atoms with van der Waals surface area (Å²) < 4.78 is 0. The van der Waals surface area contributed by atoms with Gasteiger partial charge in [-0.15, -0.1) is 0 Å². The molecule has 17 heavy (non-hydrogen) atoms. The van der Waals surface area contributed by atoms with Gasteiger partial charge in [0.25, 0.3) is 0 Å². The molecule has 0 aromatic rings. The Morgan fingerprint density at radius 1 is 1.29 bits per heavy atom. The zero-order chi connectivity index (χ0) is 13.6. The Morgan fingerprint density at radius 3 is 2.24 bits per heavy atom. The topological polar surface area (TPSA) is 109 Å². The molecule has 98 valence electrons. The van der Waals surface area contributed by atoms with Crippen molar-refractivity contribution in [2.24, 2.45) is 11.1 Å². The van der Waals surface area contributed by atoms with Gasteiger partial charge in [-0.25, -0.2) is 0 Å². The number of carboxylic acids is 1. The molecule has 6 heteroatoms. The molecule has 0 aromatic heterocycles. The number of carbonyl (C=O) groups excluding carboxylic acids is 2. The van der Waals surface area contributed by atoms with Gasteiger partial charge in [-0.2, -0.15) is 0 Å². The van der Waals surface area contributed by atoms with E-state index in [2.05, 4.69) is 5.32 Å². The largest absolute Gasteiger partial charge is 0.481 e. The lowest BCUT2D eigenvalue weighted by molar-refractivity contribution is -0.137. The van der Waals surface area contributed by atoms with E-state index in [1.807, 2.05) is 0 Å². The minimum absolute atomic E-state index is 0.0604. The first-order chi connectivity index (χ1) is 7.64. The van der Waals surface area contributed by atoms with Gasteiger partial charge in [0.05, 0.1) is 12.6 Å². The summed E-state index contributed by atoms with van der Waals surface area (Å²) in [6.45, 7) is 5.19. The van der Waals surface area contributed by atoms with Crippen LogP contribution >= 0.6 is 0 Å². The molecule has 4 N–H and O–H groups in total. The number of hydrogen-bond donors (Lipinski definition) is 3. The fourth-order valence-corrected chi connectivity index (χ4v) is 0.974. The van der Waals surface area contributed by atoms with Gasteiger partial charge in [-0.3, -0.25) is 14.4 Å². The summed E-state index contributed by atoms with van der Waals surface area (Å²) in [5, 5.41) is 10.8.